The average Bonchev–Trinajstić information content (AvgIpc) is 3.09. The fraction of sp³-hybridized carbons (Fsp3) is 0.478. The highest BCUT2D eigenvalue weighted by atomic mass is 16.5. The fourth-order valence-electron chi connectivity index (χ4n) is 3.34. The summed E-state index contributed by atoms with van der Waals surface area (Å²) < 4.78 is 5.82. The number of amides is 2. The smallest absolute Gasteiger partial charge is 0.239 e. The molecular weight excluding hydrogens is 338 g/mol. The summed E-state index contributed by atoms with van der Waals surface area (Å²) in [6.07, 6.45) is 1.88. The van der Waals surface area contributed by atoms with Gasteiger partial charge in [0, 0.05) is 6.92 Å². The second-order valence-corrected chi connectivity index (χ2v) is 6.58. The van der Waals surface area contributed by atoms with E-state index in [1.54, 1.807) is 0 Å². The molecule has 2 aromatic carbocycles. The summed E-state index contributed by atoms with van der Waals surface area (Å²) in [5.74, 6) is -0.810. The largest absolute Gasteiger partial charge is 0.374 e. The van der Waals surface area contributed by atoms with Gasteiger partial charge >= 0.3 is 0 Å². The van der Waals surface area contributed by atoms with Gasteiger partial charge in [-0.3, -0.25) is 14.5 Å². The van der Waals surface area contributed by atoms with Crippen molar-refractivity contribution < 1.29 is 14.3 Å². The number of carbonyl (C=O) groups excluding carboxylic acids is 2. The number of hydrogen-bond donors (Lipinski definition) is 0. The van der Waals surface area contributed by atoms with Gasteiger partial charge in [-0.15, -0.1) is 0 Å². The summed E-state index contributed by atoms with van der Waals surface area (Å²) >= 11 is 0. The molecule has 27 heavy (non-hydrogen) atoms. The lowest BCUT2D eigenvalue weighted by atomic mass is 9.99. The molecule has 0 spiro atoms. The molecule has 1 heterocycles. The molecule has 0 saturated carbocycles. The molecule has 0 radical (unpaired) electrons. The third-order valence-electron chi connectivity index (χ3n) is 4.74. The van der Waals surface area contributed by atoms with Crippen molar-refractivity contribution in [2.45, 2.75) is 67.1 Å². The van der Waals surface area contributed by atoms with Crippen LogP contribution in [0.2, 0.25) is 0 Å². The van der Waals surface area contributed by atoms with Crippen molar-refractivity contribution in [2.75, 3.05) is 4.90 Å². The van der Waals surface area contributed by atoms with Crippen LogP contribution in [-0.4, -0.2) is 24.0 Å². The Morgan fingerprint density at radius 1 is 1.07 bits per heavy atom. The van der Waals surface area contributed by atoms with Crippen LogP contribution in [0, 0.1) is 5.92 Å². The quantitative estimate of drug-likeness (QED) is 0.707. The number of hydrogen-bond acceptors (Lipinski definition) is 3. The van der Waals surface area contributed by atoms with Crippen LogP contribution in [0.15, 0.2) is 42.5 Å². The molecule has 3 unspecified atom stereocenters. The van der Waals surface area contributed by atoms with Crippen LogP contribution in [0.25, 0.3) is 10.8 Å². The maximum Gasteiger partial charge on any atom is 0.239 e. The third kappa shape index (κ3) is 5.16. The summed E-state index contributed by atoms with van der Waals surface area (Å²) in [4.78, 5) is 26.4. The van der Waals surface area contributed by atoms with Crippen molar-refractivity contribution in [1.29, 1.82) is 0 Å². The normalized spacial score (nSPS) is 19.4. The minimum atomic E-state index is -0.342. The van der Waals surface area contributed by atoms with Crippen LogP contribution in [0.5, 0.6) is 0 Å². The molecule has 1 aliphatic rings. The van der Waals surface area contributed by atoms with Gasteiger partial charge in [0.2, 0.25) is 11.8 Å². The molecule has 3 atom stereocenters. The summed E-state index contributed by atoms with van der Waals surface area (Å²) in [6, 6.07) is 13.6. The number of carbonyl (C=O) groups is 2. The summed E-state index contributed by atoms with van der Waals surface area (Å²) in [7, 11) is 0. The van der Waals surface area contributed by atoms with Crippen LogP contribution < -0.4 is 4.90 Å². The fourth-order valence-corrected chi connectivity index (χ4v) is 3.34. The molecule has 1 fully saturated rings. The van der Waals surface area contributed by atoms with Crippen LogP contribution >= 0.6 is 0 Å². The molecule has 0 aliphatic carbocycles. The topological polar surface area (TPSA) is 46.6 Å². The first-order valence-corrected chi connectivity index (χ1v) is 9.46. The maximum atomic E-state index is 12.9. The van der Waals surface area contributed by atoms with E-state index < -0.39 is 0 Å². The van der Waals surface area contributed by atoms with Crippen LogP contribution in [-0.2, 0) is 14.3 Å². The standard InChI is InChI=1S/C20H23NO3.C2H6.CH4/c1-13-8-11-19(24-13)14(2)20(23)21(15(3)22)18-10-9-16-6-4-5-7-17(16)12-18;1-2;/h4-7,9-10,12-14,19H,8,11H2,1-3H3;1-2H3;1H4. The zero-order valence-electron chi connectivity index (χ0n) is 16.4. The molecule has 0 N–H and O–H groups in total. The lowest BCUT2D eigenvalue weighted by Crippen LogP contribution is -2.42. The zero-order chi connectivity index (χ0) is 19.3. The highest BCUT2D eigenvalue weighted by Crippen LogP contribution is 2.29. The highest BCUT2D eigenvalue weighted by molar-refractivity contribution is 6.15. The Morgan fingerprint density at radius 3 is 2.26 bits per heavy atom. The van der Waals surface area contributed by atoms with Crippen LogP contribution in [0.4, 0.5) is 5.69 Å². The molecule has 4 heteroatoms. The summed E-state index contributed by atoms with van der Waals surface area (Å²) in [5, 5.41) is 2.09. The molecule has 3 rings (SSSR count). The summed E-state index contributed by atoms with van der Waals surface area (Å²) in [6.45, 7) is 9.29. The molecular formula is C23H33NO3. The van der Waals surface area contributed by atoms with E-state index in [2.05, 4.69) is 0 Å². The van der Waals surface area contributed by atoms with Gasteiger partial charge in [0.05, 0.1) is 23.8 Å². The van der Waals surface area contributed by atoms with Gasteiger partial charge < -0.3 is 4.74 Å². The Bertz CT molecular complexity index is 771. The minimum Gasteiger partial charge on any atom is -0.374 e. The predicted octanol–water partition coefficient (Wildman–Crippen LogP) is 5.59. The number of nitrogens with zero attached hydrogens (tertiary/aromatic N) is 1. The first kappa shape index (κ1) is 22.8. The number of fused-ring (bicyclic) bond motifs is 1. The van der Waals surface area contributed by atoms with Gasteiger partial charge in [-0.1, -0.05) is 58.5 Å². The number of imide groups is 1. The minimum absolute atomic E-state index is 0. The van der Waals surface area contributed by atoms with E-state index in [1.807, 2.05) is 70.2 Å². The first-order valence-electron chi connectivity index (χ1n) is 9.46. The number of rotatable bonds is 3. The van der Waals surface area contributed by atoms with E-state index in [0.29, 0.717) is 5.69 Å². The Balaban J connectivity index is 0.00000118. The number of ether oxygens (including phenoxy) is 1. The van der Waals surface area contributed by atoms with Gasteiger partial charge in [0.1, 0.15) is 0 Å². The van der Waals surface area contributed by atoms with Crippen molar-refractivity contribution in [1.82, 2.24) is 0 Å². The van der Waals surface area contributed by atoms with E-state index in [1.165, 1.54) is 11.8 Å². The van der Waals surface area contributed by atoms with E-state index in [9.17, 15) is 9.59 Å². The van der Waals surface area contributed by atoms with Crippen molar-refractivity contribution in [3.05, 3.63) is 42.5 Å². The monoisotopic (exact) mass is 371 g/mol. The predicted molar refractivity (Wildman–Crippen MR) is 113 cm³/mol. The maximum absolute atomic E-state index is 12.9. The molecule has 2 aromatic rings. The second kappa shape index (κ2) is 10.2. The molecule has 1 saturated heterocycles. The third-order valence-corrected chi connectivity index (χ3v) is 4.74. The van der Waals surface area contributed by atoms with E-state index in [4.69, 9.17) is 4.74 Å². The summed E-state index contributed by atoms with van der Waals surface area (Å²) in [5.41, 5.74) is 0.615. The lowest BCUT2D eigenvalue weighted by molar-refractivity contribution is -0.130. The lowest BCUT2D eigenvalue weighted by Gasteiger charge is -2.26. The van der Waals surface area contributed by atoms with E-state index in [0.717, 1.165) is 23.6 Å². The Labute approximate surface area is 163 Å². The Morgan fingerprint density at radius 2 is 1.70 bits per heavy atom. The van der Waals surface area contributed by atoms with Crippen molar-refractivity contribution in [3.63, 3.8) is 0 Å². The molecule has 2 amide bonds. The highest BCUT2D eigenvalue weighted by Gasteiger charge is 2.35. The molecule has 4 nitrogen and oxygen atoms in total. The molecule has 0 aromatic heterocycles. The number of benzene rings is 2. The molecule has 1 aliphatic heterocycles. The average molecular weight is 372 g/mol. The van der Waals surface area contributed by atoms with E-state index in [-0.39, 0.29) is 37.4 Å². The zero-order valence-corrected chi connectivity index (χ0v) is 16.4. The van der Waals surface area contributed by atoms with Gasteiger partial charge in [0.15, 0.2) is 0 Å². The van der Waals surface area contributed by atoms with Crippen LogP contribution in [0.3, 0.4) is 0 Å². The van der Waals surface area contributed by atoms with Gasteiger partial charge in [-0.2, -0.15) is 0 Å². The van der Waals surface area contributed by atoms with E-state index >= 15 is 0 Å². The number of anilines is 1. The first-order chi connectivity index (χ1) is 12.5. The Hall–Kier alpha value is -2.20. The van der Waals surface area contributed by atoms with Crippen molar-refractivity contribution >= 4 is 28.3 Å². The second-order valence-electron chi connectivity index (χ2n) is 6.58. The van der Waals surface area contributed by atoms with Crippen molar-refractivity contribution in [3.8, 4) is 0 Å². The van der Waals surface area contributed by atoms with Gasteiger partial charge in [0.25, 0.3) is 0 Å². The van der Waals surface area contributed by atoms with Gasteiger partial charge in [-0.05, 0) is 42.7 Å². The molecule has 148 valence electrons. The SMILES string of the molecule is C.CC.CC(=O)N(C(=O)C(C)C1CCC(C)O1)c1ccc2ccccc2c1. The Kier molecular flexibility index (Phi) is 8.64. The van der Waals surface area contributed by atoms with Crippen molar-refractivity contribution in [2.24, 2.45) is 5.92 Å². The van der Waals surface area contributed by atoms with Crippen LogP contribution in [0.1, 0.15) is 54.9 Å². The molecule has 0 bridgehead atoms. The van der Waals surface area contributed by atoms with Gasteiger partial charge in [-0.25, -0.2) is 0 Å².